The van der Waals surface area contributed by atoms with Gasteiger partial charge in [-0.05, 0) is 85.3 Å². The highest BCUT2D eigenvalue weighted by Crippen LogP contribution is 2.43. The molecular weight excluding hydrogens is 488 g/mol. The number of aryl methyl sites for hydroxylation is 1. The Labute approximate surface area is 231 Å². The number of rotatable bonds is 6. The fourth-order valence-electron chi connectivity index (χ4n) is 4.83. The number of carbonyl (C=O) groups excluding carboxylic acids is 2. The summed E-state index contributed by atoms with van der Waals surface area (Å²) < 4.78 is 5.84. The standard InChI is InChI=1S/C33H38N2O4/c1-20(2)39-27-18-11-23(19-21(27)3)30(36)28-29(22-9-14-25(15-10-22)34(7)8)35(32(38)31(28)37)26-16-12-24(13-17-26)33(4,5)6/h9-20,29,36H,1-8H3/b30-28-. The van der Waals surface area contributed by atoms with E-state index >= 15 is 0 Å². The number of Topliss-reactive ketones (excluding diaryl/α,β-unsaturated/α-hetero) is 1. The van der Waals surface area contributed by atoms with Crippen LogP contribution in [-0.2, 0) is 15.0 Å². The SMILES string of the molecule is Cc1cc(/C(O)=C2/C(=O)C(=O)N(c3ccc(C(C)(C)C)cc3)C2c2ccc(N(C)C)cc2)ccc1OC(C)C. The monoisotopic (exact) mass is 526 g/mol. The number of carbonyl (C=O) groups is 2. The molecule has 1 atom stereocenters. The second-order valence-electron chi connectivity index (χ2n) is 11.6. The first-order chi connectivity index (χ1) is 18.3. The summed E-state index contributed by atoms with van der Waals surface area (Å²) in [6, 6.07) is 19.9. The number of ether oxygens (including phenoxy) is 1. The Hall–Kier alpha value is -4.06. The summed E-state index contributed by atoms with van der Waals surface area (Å²) in [6.07, 6.45) is 0.00304. The van der Waals surface area contributed by atoms with Crippen LogP contribution in [0.15, 0.2) is 72.3 Å². The van der Waals surface area contributed by atoms with E-state index in [2.05, 4.69) is 20.8 Å². The van der Waals surface area contributed by atoms with Crippen LogP contribution in [0.2, 0.25) is 0 Å². The normalized spacial score (nSPS) is 17.2. The van der Waals surface area contributed by atoms with Crippen LogP contribution in [-0.4, -0.2) is 37.0 Å². The number of aliphatic hydroxyl groups is 1. The molecule has 1 N–H and O–H groups in total. The van der Waals surface area contributed by atoms with Gasteiger partial charge in [-0.15, -0.1) is 0 Å². The average molecular weight is 527 g/mol. The maximum atomic E-state index is 13.5. The smallest absolute Gasteiger partial charge is 0.300 e. The minimum atomic E-state index is -0.784. The Balaban J connectivity index is 1.88. The lowest BCUT2D eigenvalue weighted by Crippen LogP contribution is -2.29. The molecule has 1 aliphatic rings. The first-order valence-corrected chi connectivity index (χ1v) is 13.3. The summed E-state index contributed by atoms with van der Waals surface area (Å²) in [4.78, 5) is 30.6. The number of amides is 1. The molecule has 3 aromatic carbocycles. The molecule has 0 aliphatic carbocycles. The Morgan fingerprint density at radius 1 is 0.949 bits per heavy atom. The Bertz CT molecular complexity index is 1410. The molecule has 4 rings (SSSR count). The topological polar surface area (TPSA) is 70.1 Å². The minimum Gasteiger partial charge on any atom is -0.507 e. The third kappa shape index (κ3) is 5.56. The summed E-state index contributed by atoms with van der Waals surface area (Å²) in [7, 11) is 3.90. The zero-order valence-corrected chi connectivity index (χ0v) is 24.1. The highest BCUT2D eigenvalue weighted by Gasteiger charge is 2.47. The maximum Gasteiger partial charge on any atom is 0.300 e. The molecule has 1 amide bonds. The molecule has 1 fully saturated rings. The van der Waals surface area contributed by atoms with Gasteiger partial charge in [0.2, 0.25) is 0 Å². The van der Waals surface area contributed by atoms with Crippen molar-refractivity contribution >= 4 is 28.8 Å². The van der Waals surface area contributed by atoms with Gasteiger partial charge in [0.25, 0.3) is 11.7 Å². The van der Waals surface area contributed by atoms with E-state index in [9.17, 15) is 14.7 Å². The molecule has 39 heavy (non-hydrogen) atoms. The van der Waals surface area contributed by atoms with Gasteiger partial charge in [-0.3, -0.25) is 14.5 Å². The van der Waals surface area contributed by atoms with Gasteiger partial charge in [0.05, 0.1) is 17.7 Å². The number of hydrogen-bond donors (Lipinski definition) is 1. The quantitative estimate of drug-likeness (QED) is 0.218. The number of hydrogen-bond acceptors (Lipinski definition) is 5. The van der Waals surface area contributed by atoms with Crippen molar-refractivity contribution in [3.63, 3.8) is 0 Å². The largest absolute Gasteiger partial charge is 0.507 e. The van der Waals surface area contributed by atoms with Crippen molar-refractivity contribution in [3.05, 3.63) is 94.6 Å². The van der Waals surface area contributed by atoms with Crippen LogP contribution in [0.4, 0.5) is 11.4 Å². The van der Waals surface area contributed by atoms with Crippen LogP contribution in [0.1, 0.15) is 62.9 Å². The molecule has 1 unspecified atom stereocenters. The van der Waals surface area contributed by atoms with Crippen LogP contribution < -0.4 is 14.5 Å². The van der Waals surface area contributed by atoms with E-state index in [0.29, 0.717) is 17.0 Å². The molecule has 3 aromatic rings. The Kier molecular flexibility index (Phi) is 7.60. The molecule has 0 aromatic heterocycles. The highest BCUT2D eigenvalue weighted by atomic mass is 16.5. The number of anilines is 2. The lowest BCUT2D eigenvalue weighted by atomic mass is 9.87. The lowest BCUT2D eigenvalue weighted by Gasteiger charge is -2.27. The molecule has 0 bridgehead atoms. The van der Waals surface area contributed by atoms with Gasteiger partial charge >= 0.3 is 0 Å². The number of aliphatic hydroxyl groups excluding tert-OH is 1. The second kappa shape index (κ2) is 10.6. The third-order valence-corrected chi connectivity index (χ3v) is 6.99. The van der Waals surface area contributed by atoms with Gasteiger partial charge in [-0.2, -0.15) is 0 Å². The van der Waals surface area contributed by atoms with Crippen LogP contribution in [0.25, 0.3) is 5.76 Å². The highest BCUT2D eigenvalue weighted by molar-refractivity contribution is 6.51. The molecule has 1 saturated heterocycles. The molecule has 0 saturated carbocycles. The number of ketones is 1. The van der Waals surface area contributed by atoms with E-state index in [4.69, 9.17) is 4.74 Å². The lowest BCUT2D eigenvalue weighted by molar-refractivity contribution is -0.132. The molecule has 6 nitrogen and oxygen atoms in total. The first kappa shape index (κ1) is 28.0. The Morgan fingerprint density at radius 2 is 1.56 bits per heavy atom. The van der Waals surface area contributed by atoms with Crippen molar-refractivity contribution in [3.8, 4) is 5.75 Å². The third-order valence-electron chi connectivity index (χ3n) is 6.99. The predicted molar refractivity (Wildman–Crippen MR) is 158 cm³/mol. The first-order valence-electron chi connectivity index (χ1n) is 13.3. The summed E-state index contributed by atoms with van der Waals surface area (Å²) in [5.41, 5.74) is 4.73. The van der Waals surface area contributed by atoms with Crippen LogP contribution in [0, 0.1) is 6.92 Å². The van der Waals surface area contributed by atoms with Gasteiger partial charge in [0.15, 0.2) is 0 Å². The number of nitrogens with zero attached hydrogens (tertiary/aromatic N) is 2. The maximum absolute atomic E-state index is 13.5. The van der Waals surface area contributed by atoms with Gasteiger partial charge in [-0.1, -0.05) is 45.0 Å². The van der Waals surface area contributed by atoms with E-state index in [1.165, 1.54) is 4.90 Å². The van der Waals surface area contributed by atoms with Gasteiger partial charge < -0.3 is 14.7 Å². The minimum absolute atomic E-state index is 0.00304. The fourth-order valence-corrected chi connectivity index (χ4v) is 4.83. The summed E-state index contributed by atoms with van der Waals surface area (Å²) in [5, 5.41) is 11.5. The van der Waals surface area contributed by atoms with Crippen molar-refractivity contribution in [2.24, 2.45) is 0 Å². The summed E-state index contributed by atoms with van der Waals surface area (Å²) in [5.74, 6) is -0.882. The fraction of sp³-hybridized carbons (Fsp3) is 0.333. The van der Waals surface area contributed by atoms with E-state index in [1.54, 1.807) is 18.2 Å². The van der Waals surface area contributed by atoms with E-state index in [-0.39, 0.29) is 22.9 Å². The molecule has 1 heterocycles. The molecule has 6 heteroatoms. The van der Waals surface area contributed by atoms with Gasteiger partial charge in [0, 0.05) is 31.0 Å². The molecule has 0 spiro atoms. The summed E-state index contributed by atoms with van der Waals surface area (Å²) in [6.45, 7) is 12.2. The molecular formula is C33H38N2O4. The van der Waals surface area contributed by atoms with Gasteiger partial charge in [-0.25, -0.2) is 0 Å². The van der Waals surface area contributed by atoms with Crippen molar-refractivity contribution in [1.82, 2.24) is 0 Å². The van der Waals surface area contributed by atoms with Crippen LogP contribution in [0.5, 0.6) is 5.75 Å². The van der Waals surface area contributed by atoms with E-state index < -0.39 is 17.7 Å². The van der Waals surface area contributed by atoms with Crippen molar-refractivity contribution in [2.75, 3.05) is 23.9 Å². The zero-order valence-electron chi connectivity index (χ0n) is 24.1. The second-order valence-corrected chi connectivity index (χ2v) is 11.6. The molecule has 1 aliphatic heterocycles. The van der Waals surface area contributed by atoms with Gasteiger partial charge in [0.1, 0.15) is 11.5 Å². The average Bonchev–Trinajstić information content (AvgIpc) is 3.14. The van der Waals surface area contributed by atoms with Crippen molar-refractivity contribution in [1.29, 1.82) is 0 Å². The van der Waals surface area contributed by atoms with E-state index in [0.717, 1.165) is 22.4 Å². The Morgan fingerprint density at radius 3 is 2.08 bits per heavy atom. The predicted octanol–water partition coefficient (Wildman–Crippen LogP) is 6.77. The molecule has 0 radical (unpaired) electrons. The number of benzene rings is 3. The van der Waals surface area contributed by atoms with Crippen molar-refractivity contribution in [2.45, 2.75) is 59.1 Å². The summed E-state index contributed by atoms with van der Waals surface area (Å²) >= 11 is 0. The molecule has 204 valence electrons. The van der Waals surface area contributed by atoms with Crippen LogP contribution >= 0.6 is 0 Å². The van der Waals surface area contributed by atoms with E-state index in [1.807, 2.05) is 88.3 Å². The van der Waals surface area contributed by atoms with Crippen LogP contribution in [0.3, 0.4) is 0 Å². The van der Waals surface area contributed by atoms with Crippen molar-refractivity contribution < 1.29 is 19.4 Å². The zero-order chi connectivity index (χ0) is 28.6.